The molecule has 3 heteroatoms. The zero-order valence-corrected chi connectivity index (χ0v) is 11.1. The predicted molar refractivity (Wildman–Crippen MR) is 66.7 cm³/mol. The van der Waals surface area contributed by atoms with Gasteiger partial charge in [-0.3, -0.25) is 4.79 Å². The van der Waals surface area contributed by atoms with Crippen molar-refractivity contribution in [3.8, 4) is 0 Å². The SMILES string of the molecule is C=C1C2C3C[C@@H](C)C1(C)CCC2(CC=O)C(=O)O3. The van der Waals surface area contributed by atoms with Crippen LogP contribution >= 0.6 is 0 Å². The van der Waals surface area contributed by atoms with E-state index in [-0.39, 0.29) is 29.8 Å². The van der Waals surface area contributed by atoms with Crippen molar-refractivity contribution in [2.24, 2.45) is 22.7 Å². The zero-order chi connectivity index (χ0) is 13.1. The lowest BCUT2D eigenvalue weighted by Crippen LogP contribution is -2.51. The molecule has 4 unspecified atom stereocenters. The highest BCUT2D eigenvalue weighted by atomic mass is 16.6. The summed E-state index contributed by atoms with van der Waals surface area (Å²) >= 11 is 0. The molecular formula is C15H20O3. The molecule has 98 valence electrons. The molecule has 0 N–H and O–H groups in total. The lowest BCUT2D eigenvalue weighted by atomic mass is 9.48. The predicted octanol–water partition coefficient (Wildman–Crippen LogP) is 2.50. The first-order valence-electron chi connectivity index (χ1n) is 6.80. The van der Waals surface area contributed by atoms with Crippen LogP contribution in [0.5, 0.6) is 0 Å². The molecule has 0 aromatic carbocycles. The van der Waals surface area contributed by atoms with Gasteiger partial charge in [0.1, 0.15) is 12.4 Å². The summed E-state index contributed by atoms with van der Waals surface area (Å²) in [6.07, 6.45) is 3.74. The van der Waals surface area contributed by atoms with E-state index in [1.54, 1.807) is 0 Å². The Morgan fingerprint density at radius 1 is 1.50 bits per heavy atom. The maximum Gasteiger partial charge on any atom is 0.313 e. The van der Waals surface area contributed by atoms with Crippen LogP contribution in [0.2, 0.25) is 0 Å². The summed E-state index contributed by atoms with van der Waals surface area (Å²) < 4.78 is 5.58. The van der Waals surface area contributed by atoms with Crippen LogP contribution in [0.3, 0.4) is 0 Å². The Bertz CT molecular complexity index is 441. The van der Waals surface area contributed by atoms with E-state index in [1.807, 2.05) is 0 Å². The molecule has 2 aliphatic carbocycles. The first-order valence-corrected chi connectivity index (χ1v) is 6.80. The van der Waals surface area contributed by atoms with Gasteiger partial charge in [-0.15, -0.1) is 0 Å². The molecule has 0 aromatic heterocycles. The quantitative estimate of drug-likeness (QED) is 0.428. The van der Waals surface area contributed by atoms with E-state index in [1.165, 1.54) is 0 Å². The third kappa shape index (κ3) is 1.15. The number of carbonyl (C=O) groups is 2. The van der Waals surface area contributed by atoms with Gasteiger partial charge >= 0.3 is 5.97 Å². The van der Waals surface area contributed by atoms with Crippen molar-refractivity contribution in [1.82, 2.24) is 0 Å². The van der Waals surface area contributed by atoms with E-state index in [4.69, 9.17) is 4.74 Å². The zero-order valence-electron chi connectivity index (χ0n) is 11.1. The number of esters is 1. The highest BCUT2D eigenvalue weighted by Gasteiger charge is 2.66. The van der Waals surface area contributed by atoms with E-state index in [9.17, 15) is 9.59 Å². The Hall–Kier alpha value is -1.12. The smallest absolute Gasteiger partial charge is 0.313 e. The number of rotatable bonds is 2. The van der Waals surface area contributed by atoms with E-state index in [0.717, 1.165) is 31.1 Å². The summed E-state index contributed by atoms with van der Waals surface area (Å²) in [6, 6.07) is 0. The Balaban J connectivity index is 2.09. The third-order valence-electron chi connectivity index (χ3n) is 5.95. The third-order valence-corrected chi connectivity index (χ3v) is 5.95. The largest absolute Gasteiger partial charge is 0.461 e. The molecule has 0 radical (unpaired) electrons. The second-order valence-electron chi connectivity index (χ2n) is 6.53. The van der Waals surface area contributed by atoms with Crippen LogP contribution in [0.15, 0.2) is 12.2 Å². The molecule has 3 rings (SSSR count). The second-order valence-corrected chi connectivity index (χ2v) is 6.53. The number of carbonyl (C=O) groups excluding carboxylic acids is 2. The van der Waals surface area contributed by atoms with E-state index in [2.05, 4.69) is 20.4 Å². The van der Waals surface area contributed by atoms with Gasteiger partial charge in [0, 0.05) is 12.3 Å². The fourth-order valence-corrected chi connectivity index (χ4v) is 4.44. The summed E-state index contributed by atoms with van der Waals surface area (Å²) in [5, 5.41) is 0. The van der Waals surface area contributed by atoms with Crippen molar-refractivity contribution in [2.75, 3.05) is 0 Å². The van der Waals surface area contributed by atoms with Crippen LogP contribution in [-0.2, 0) is 14.3 Å². The average molecular weight is 248 g/mol. The molecule has 2 saturated carbocycles. The van der Waals surface area contributed by atoms with Crippen molar-refractivity contribution >= 4 is 12.3 Å². The summed E-state index contributed by atoms with van der Waals surface area (Å²) in [5.74, 6) is 0.387. The average Bonchev–Trinajstić information content (AvgIpc) is 2.59. The minimum atomic E-state index is -0.594. The number of fused-ring (bicyclic) bond motifs is 1. The summed E-state index contributed by atoms with van der Waals surface area (Å²) in [4.78, 5) is 23.2. The van der Waals surface area contributed by atoms with Crippen molar-refractivity contribution in [3.63, 3.8) is 0 Å². The Morgan fingerprint density at radius 3 is 2.89 bits per heavy atom. The molecule has 3 fully saturated rings. The van der Waals surface area contributed by atoms with Gasteiger partial charge in [0.05, 0.1) is 5.41 Å². The molecule has 3 nitrogen and oxygen atoms in total. The molecule has 1 heterocycles. The van der Waals surface area contributed by atoms with Gasteiger partial charge in [0.25, 0.3) is 0 Å². The van der Waals surface area contributed by atoms with Crippen molar-refractivity contribution in [3.05, 3.63) is 12.2 Å². The molecule has 0 aromatic rings. The van der Waals surface area contributed by atoms with Gasteiger partial charge in [0.2, 0.25) is 0 Å². The Morgan fingerprint density at radius 2 is 2.22 bits per heavy atom. The number of hydrogen-bond acceptors (Lipinski definition) is 3. The molecule has 0 spiro atoms. The molecule has 0 amide bonds. The number of ether oxygens (including phenoxy) is 1. The lowest BCUT2D eigenvalue weighted by Gasteiger charge is -2.54. The summed E-state index contributed by atoms with van der Waals surface area (Å²) in [7, 11) is 0. The molecule has 1 saturated heterocycles. The second kappa shape index (κ2) is 3.46. The van der Waals surface area contributed by atoms with Crippen LogP contribution in [0.25, 0.3) is 0 Å². The van der Waals surface area contributed by atoms with Crippen LogP contribution in [0.4, 0.5) is 0 Å². The maximum atomic E-state index is 12.2. The minimum Gasteiger partial charge on any atom is -0.461 e. The van der Waals surface area contributed by atoms with Gasteiger partial charge in [-0.1, -0.05) is 26.0 Å². The van der Waals surface area contributed by atoms with Gasteiger partial charge in [0.15, 0.2) is 0 Å². The molecule has 1 aliphatic heterocycles. The van der Waals surface area contributed by atoms with E-state index in [0.29, 0.717) is 5.92 Å². The van der Waals surface area contributed by atoms with E-state index < -0.39 is 5.41 Å². The first kappa shape index (κ1) is 11.9. The van der Waals surface area contributed by atoms with Gasteiger partial charge < -0.3 is 9.53 Å². The molecule has 5 atom stereocenters. The fourth-order valence-electron chi connectivity index (χ4n) is 4.44. The topological polar surface area (TPSA) is 43.4 Å². The van der Waals surface area contributed by atoms with Crippen LogP contribution in [-0.4, -0.2) is 18.4 Å². The monoisotopic (exact) mass is 248 g/mol. The molecule has 18 heavy (non-hydrogen) atoms. The molecule has 2 bridgehead atoms. The standard InChI is InChI=1S/C15H20O3/c1-9-8-11-12-10(2)14(9,3)4-5-15(12,6-7-16)13(17)18-11/h7,9,11-12H,2,4-6,8H2,1,3H3/t9-,11?,12?,14?,15?/m1/s1. The van der Waals surface area contributed by atoms with Crippen molar-refractivity contribution in [2.45, 2.75) is 45.6 Å². The highest BCUT2D eigenvalue weighted by Crippen LogP contribution is 2.65. The van der Waals surface area contributed by atoms with E-state index >= 15 is 0 Å². The van der Waals surface area contributed by atoms with Gasteiger partial charge in [-0.25, -0.2) is 0 Å². The van der Waals surface area contributed by atoms with Crippen molar-refractivity contribution < 1.29 is 14.3 Å². The van der Waals surface area contributed by atoms with Gasteiger partial charge in [-0.2, -0.15) is 0 Å². The molecular weight excluding hydrogens is 228 g/mol. The van der Waals surface area contributed by atoms with Crippen molar-refractivity contribution in [1.29, 1.82) is 0 Å². The summed E-state index contributed by atoms with van der Waals surface area (Å²) in [6.45, 7) is 8.75. The number of aldehydes is 1. The first-order chi connectivity index (χ1) is 8.45. The lowest BCUT2D eigenvalue weighted by molar-refractivity contribution is -0.150. The Kier molecular flexibility index (Phi) is 2.30. The fraction of sp³-hybridized carbons (Fsp3) is 0.733. The summed E-state index contributed by atoms with van der Waals surface area (Å²) in [5.41, 5.74) is 0.662. The van der Waals surface area contributed by atoms with Crippen LogP contribution in [0, 0.1) is 22.7 Å². The van der Waals surface area contributed by atoms with Crippen LogP contribution < -0.4 is 0 Å². The maximum absolute atomic E-state index is 12.2. The minimum absolute atomic E-state index is 0.0478. The normalized spacial score (nSPS) is 50.0. The van der Waals surface area contributed by atoms with Crippen LogP contribution in [0.1, 0.15) is 39.5 Å². The molecule has 3 aliphatic rings. The number of hydrogen-bond donors (Lipinski definition) is 0. The highest BCUT2D eigenvalue weighted by molar-refractivity contribution is 5.84. The van der Waals surface area contributed by atoms with Gasteiger partial charge in [-0.05, 0) is 30.6 Å². The Labute approximate surface area is 108 Å².